The second-order valence-electron chi connectivity index (χ2n) is 7.83. The highest BCUT2D eigenvalue weighted by Crippen LogP contribution is 2.56. The zero-order valence-electron chi connectivity index (χ0n) is 16.5. The first-order chi connectivity index (χ1) is 15.1. The SMILES string of the molecule is Cn1cnc2ncn(Cc3nc([C@H]4C5=CN(c6ccc(C=O)cc6)C[C@@H]54)no3)c(=O)c21. The Kier molecular flexibility index (Phi) is 3.70. The molecule has 154 valence electrons. The Bertz CT molecular complexity index is 1410. The molecule has 0 spiro atoms. The number of aryl methyl sites for hydroxylation is 1. The van der Waals surface area contributed by atoms with Gasteiger partial charge in [0.2, 0.25) is 5.89 Å². The van der Waals surface area contributed by atoms with Crippen molar-refractivity contribution in [1.82, 2.24) is 29.2 Å². The smallest absolute Gasteiger partial charge is 0.280 e. The minimum absolute atomic E-state index is 0.150. The number of hydrogen-bond acceptors (Lipinski definition) is 8. The van der Waals surface area contributed by atoms with Crippen LogP contribution >= 0.6 is 0 Å². The highest BCUT2D eigenvalue weighted by atomic mass is 16.5. The Hall–Kier alpha value is -4.08. The molecule has 4 heterocycles. The van der Waals surface area contributed by atoms with Crippen molar-refractivity contribution in [2.24, 2.45) is 13.0 Å². The Balaban J connectivity index is 1.19. The summed E-state index contributed by atoms with van der Waals surface area (Å²) in [4.78, 5) is 38.5. The number of carbonyl (C=O) groups is 1. The minimum atomic E-state index is -0.202. The quantitative estimate of drug-likeness (QED) is 0.451. The van der Waals surface area contributed by atoms with Gasteiger partial charge in [-0.15, -0.1) is 0 Å². The van der Waals surface area contributed by atoms with Crippen molar-refractivity contribution in [3.05, 3.63) is 76.3 Å². The van der Waals surface area contributed by atoms with Gasteiger partial charge in [-0.05, 0) is 29.8 Å². The second-order valence-corrected chi connectivity index (χ2v) is 7.83. The number of fused-ring (bicyclic) bond motifs is 2. The molecule has 0 saturated heterocycles. The van der Waals surface area contributed by atoms with E-state index in [9.17, 15) is 9.59 Å². The predicted octanol–water partition coefficient (Wildman–Crippen LogP) is 1.49. The van der Waals surface area contributed by atoms with Gasteiger partial charge >= 0.3 is 0 Å². The molecule has 0 N–H and O–H groups in total. The summed E-state index contributed by atoms with van der Waals surface area (Å²) in [5, 5.41) is 4.14. The van der Waals surface area contributed by atoms with E-state index >= 15 is 0 Å². The van der Waals surface area contributed by atoms with Crippen molar-refractivity contribution in [3.8, 4) is 0 Å². The van der Waals surface area contributed by atoms with Gasteiger partial charge in [-0.1, -0.05) is 5.16 Å². The summed E-state index contributed by atoms with van der Waals surface area (Å²) in [7, 11) is 1.76. The lowest BCUT2D eigenvalue weighted by Gasteiger charge is -2.18. The van der Waals surface area contributed by atoms with Gasteiger partial charge < -0.3 is 14.0 Å². The van der Waals surface area contributed by atoms with Crippen LogP contribution in [0.25, 0.3) is 11.2 Å². The molecule has 4 aromatic rings. The lowest BCUT2D eigenvalue weighted by atomic mass is 10.2. The molecule has 0 unspecified atom stereocenters. The van der Waals surface area contributed by atoms with Crippen molar-refractivity contribution in [1.29, 1.82) is 0 Å². The van der Waals surface area contributed by atoms with E-state index in [2.05, 4.69) is 31.2 Å². The molecule has 2 aliphatic rings. The van der Waals surface area contributed by atoms with Gasteiger partial charge in [0.15, 0.2) is 17.0 Å². The summed E-state index contributed by atoms with van der Waals surface area (Å²) < 4.78 is 8.50. The van der Waals surface area contributed by atoms with E-state index in [1.807, 2.05) is 24.3 Å². The Morgan fingerprint density at radius 3 is 2.74 bits per heavy atom. The molecule has 0 bridgehead atoms. The number of nitrogens with zero attached hydrogens (tertiary/aromatic N) is 7. The van der Waals surface area contributed by atoms with E-state index in [-0.39, 0.29) is 18.0 Å². The number of imidazole rings is 1. The largest absolute Gasteiger partial charge is 0.347 e. The van der Waals surface area contributed by atoms with E-state index < -0.39 is 0 Å². The zero-order chi connectivity index (χ0) is 21.1. The van der Waals surface area contributed by atoms with E-state index in [0.29, 0.717) is 34.4 Å². The average Bonchev–Trinajstić information content (AvgIpc) is 3.21. The first-order valence-corrected chi connectivity index (χ1v) is 9.85. The van der Waals surface area contributed by atoms with Crippen molar-refractivity contribution in [3.63, 3.8) is 0 Å². The number of anilines is 1. The maximum Gasteiger partial charge on any atom is 0.280 e. The molecule has 31 heavy (non-hydrogen) atoms. The van der Waals surface area contributed by atoms with Crippen molar-refractivity contribution in [2.45, 2.75) is 12.5 Å². The first kappa shape index (κ1) is 17.8. The van der Waals surface area contributed by atoms with Gasteiger partial charge in [0.05, 0.1) is 12.2 Å². The number of aromatic nitrogens is 6. The maximum atomic E-state index is 12.7. The van der Waals surface area contributed by atoms with Crippen LogP contribution in [0.5, 0.6) is 0 Å². The lowest BCUT2D eigenvalue weighted by Crippen LogP contribution is -2.22. The summed E-state index contributed by atoms with van der Waals surface area (Å²) in [5.74, 6) is 1.51. The number of hydrogen-bond donors (Lipinski definition) is 0. The Morgan fingerprint density at radius 2 is 2.00 bits per heavy atom. The molecule has 1 fully saturated rings. The van der Waals surface area contributed by atoms with Crippen LogP contribution in [-0.2, 0) is 13.6 Å². The van der Waals surface area contributed by atoms with Gasteiger partial charge in [-0.3, -0.25) is 14.2 Å². The summed E-state index contributed by atoms with van der Waals surface area (Å²) in [6.07, 6.45) is 5.97. The summed E-state index contributed by atoms with van der Waals surface area (Å²) in [6.45, 7) is 0.996. The number of carbonyl (C=O) groups excluding carboxylic acids is 1. The fourth-order valence-corrected chi connectivity index (χ4v) is 4.21. The van der Waals surface area contributed by atoms with Crippen LogP contribution in [0.15, 0.2) is 58.0 Å². The molecule has 2 atom stereocenters. The number of benzene rings is 1. The molecule has 10 heteroatoms. The van der Waals surface area contributed by atoms with Crippen LogP contribution in [0.2, 0.25) is 0 Å². The standard InChI is InChI=1S/C21H17N7O3/c1-26-10-22-20-18(26)21(30)28(11-23-20)8-16-24-19(25-31-16)17-14-6-27(7-15(14)17)13-4-2-12(9-29)3-5-13/h2-6,9-11,15,17H,7-8H2,1H3/t15-,17-/m0/s1. The highest BCUT2D eigenvalue weighted by Gasteiger charge is 2.52. The average molecular weight is 415 g/mol. The molecule has 1 aliphatic carbocycles. The molecule has 6 rings (SSSR count). The van der Waals surface area contributed by atoms with Gasteiger partial charge in [0.1, 0.15) is 19.2 Å². The van der Waals surface area contributed by atoms with Crippen molar-refractivity contribution >= 4 is 23.1 Å². The highest BCUT2D eigenvalue weighted by molar-refractivity contribution is 5.76. The van der Waals surface area contributed by atoms with Crippen LogP contribution in [-0.4, -0.2) is 42.1 Å². The molecule has 1 aromatic carbocycles. The monoisotopic (exact) mass is 415 g/mol. The van der Waals surface area contributed by atoms with Crippen LogP contribution in [0.4, 0.5) is 5.69 Å². The fraction of sp³-hybridized carbons (Fsp3) is 0.238. The Labute approximate surface area is 175 Å². The third-order valence-corrected chi connectivity index (χ3v) is 5.91. The van der Waals surface area contributed by atoms with Gasteiger partial charge in [0, 0.05) is 37.0 Å². The van der Waals surface area contributed by atoms with Gasteiger partial charge in [-0.2, -0.15) is 4.98 Å². The molecular formula is C21H17N7O3. The maximum absolute atomic E-state index is 12.7. The van der Waals surface area contributed by atoms with E-state index in [1.165, 1.54) is 16.5 Å². The third-order valence-electron chi connectivity index (χ3n) is 5.91. The number of aldehydes is 1. The minimum Gasteiger partial charge on any atom is -0.347 e. The fourth-order valence-electron chi connectivity index (χ4n) is 4.21. The van der Waals surface area contributed by atoms with Crippen LogP contribution in [0.1, 0.15) is 28.0 Å². The first-order valence-electron chi connectivity index (χ1n) is 9.85. The lowest BCUT2D eigenvalue weighted by molar-refractivity contribution is 0.112. The molecule has 0 amide bonds. The normalized spacial score (nSPS) is 19.5. The van der Waals surface area contributed by atoms with Gasteiger partial charge in [0.25, 0.3) is 5.56 Å². The molecule has 0 radical (unpaired) electrons. The molecule has 10 nitrogen and oxygen atoms in total. The van der Waals surface area contributed by atoms with Crippen LogP contribution in [0.3, 0.4) is 0 Å². The van der Waals surface area contributed by atoms with E-state index in [1.54, 1.807) is 17.9 Å². The number of rotatable bonds is 5. The predicted molar refractivity (Wildman–Crippen MR) is 110 cm³/mol. The third kappa shape index (κ3) is 2.79. The molecule has 1 saturated carbocycles. The molecular weight excluding hydrogens is 398 g/mol. The Morgan fingerprint density at radius 1 is 1.19 bits per heavy atom. The summed E-state index contributed by atoms with van der Waals surface area (Å²) >= 11 is 0. The van der Waals surface area contributed by atoms with Crippen LogP contribution < -0.4 is 10.5 Å². The van der Waals surface area contributed by atoms with E-state index in [4.69, 9.17) is 4.52 Å². The zero-order valence-corrected chi connectivity index (χ0v) is 16.5. The molecule has 1 aliphatic heterocycles. The summed E-state index contributed by atoms with van der Waals surface area (Å²) in [5.41, 5.74) is 3.63. The van der Waals surface area contributed by atoms with Crippen molar-refractivity contribution in [2.75, 3.05) is 11.4 Å². The van der Waals surface area contributed by atoms with Crippen molar-refractivity contribution < 1.29 is 9.32 Å². The summed E-state index contributed by atoms with van der Waals surface area (Å²) in [6, 6.07) is 7.51. The van der Waals surface area contributed by atoms with E-state index in [0.717, 1.165) is 18.5 Å². The van der Waals surface area contributed by atoms with Gasteiger partial charge in [-0.25, -0.2) is 9.97 Å². The topological polar surface area (TPSA) is 112 Å². The van der Waals surface area contributed by atoms with Crippen LogP contribution in [0, 0.1) is 5.92 Å². The molecule has 3 aromatic heterocycles. The second kappa shape index (κ2) is 6.46.